The predicted octanol–water partition coefficient (Wildman–Crippen LogP) is 2.73. The summed E-state index contributed by atoms with van der Waals surface area (Å²) in [4.78, 5) is 12.1. The van der Waals surface area contributed by atoms with Crippen molar-refractivity contribution in [3.63, 3.8) is 0 Å². The Morgan fingerprint density at radius 2 is 1.73 bits per heavy atom. The van der Waals surface area contributed by atoms with Gasteiger partial charge in [0.1, 0.15) is 10.7 Å². The Bertz CT molecular complexity index is 909. The second kappa shape index (κ2) is 8.14. The maximum Gasteiger partial charge on any atom is 0.286 e. The lowest BCUT2D eigenvalue weighted by molar-refractivity contribution is -0.120. The number of anilines is 1. The van der Waals surface area contributed by atoms with Crippen LogP contribution >= 0.6 is 0 Å². The van der Waals surface area contributed by atoms with Crippen molar-refractivity contribution in [3.05, 3.63) is 60.2 Å². The van der Waals surface area contributed by atoms with E-state index in [1.54, 1.807) is 18.2 Å². The molecule has 1 aliphatic rings. The van der Waals surface area contributed by atoms with Crippen LogP contribution in [0.15, 0.2) is 63.9 Å². The largest absolute Gasteiger partial charge is 0.356 e. The number of amidine groups is 1. The van der Waals surface area contributed by atoms with Crippen molar-refractivity contribution in [1.29, 1.82) is 0 Å². The van der Waals surface area contributed by atoms with Crippen molar-refractivity contribution in [2.45, 2.75) is 30.6 Å². The number of amides is 1. The minimum atomic E-state index is -3.70. The molecule has 0 fully saturated rings. The van der Waals surface area contributed by atoms with E-state index >= 15 is 0 Å². The highest BCUT2D eigenvalue weighted by molar-refractivity contribution is 7.90. The molecule has 0 aliphatic carbocycles. The van der Waals surface area contributed by atoms with E-state index in [1.165, 1.54) is 11.6 Å². The molecule has 3 rings (SSSR count). The summed E-state index contributed by atoms with van der Waals surface area (Å²) in [6, 6.07) is 16.7. The molecule has 0 atom stereocenters. The first-order chi connectivity index (χ1) is 12.5. The third kappa shape index (κ3) is 4.70. The van der Waals surface area contributed by atoms with E-state index in [-0.39, 0.29) is 23.6 Å². The van der Waals surface area contributed by atoms with E-state index in [2.05, 4.69) is 27.2 Å². The number of hydrogen-bond donors (Lipinski definition) is 2. The van der Waals surface area contributed by atoms with Gasteiger partial charge in [0.2, 0.25) is 5.91 Å². The standard InChI is InChI=1S/C19H21N3O3S/c23-19(20-14-6-9-15-7-2-1-3-8-15)13-12-18-21-16-10-4-5-11-17(16)26(24,25)22-18/h1-5,7-8,10-11H,6,9,12-14H2,(H,20,23)(H,21,22). The molecule has 1 heterocycles. The summed E-state index contributed by atoms with van der Waals surface area (Å²) < 4.78 is 28.1. The Morgan fingerprint density at radius 3 is 2.54 bits per heavy atom. The van der Waals surface area contributed by atoms with Gasteiger partial charge in [-0.3, -0.25) is 4.79 Å². The molecular formula is C19H21N3O3S. The van der Waals surface area contributed by atoms with Crippen LogP contribution in [0.1, 0.15) is 24.8 Å². The van der Waals surface area contributed by atoms with Gasteiger partial charge in [-0.05, 0) is 30.5 Å². The fourth-order valence-corrected chi connectivity index (χ4v) is 3.93. The number of aryl methyl sites for hydroxylation is 1. The molecule has 0 radical (unpaired) electrons. The van der Waals surface area contributed by atoms with E-state index in [9.17, 15) is 13.2 Å². The van der Waals surface area contributed by atoms with Gasteiger partial charge in [0.05, 0.1) is 5.69 Å². The highest BCUT2D eigenvalue weighted by Crippen LogP contribution is 2.27. The van der Waals surface area contributed by atoms with Gasteiger partial charge in [0.15, 0.2) is 0 Å². The Hall–Kier alpha value is -2.67. The van der Waals surface area contributed by atoms with Gasteiger partial charge in [-0.1, -0.05) is 42.5 Å². The van der Waals surface area contributed by atoms with Gasteiger partial charge in [0, 0.05) is 19.4 Å². The van der Waals surface area contributed by atoms with Crippen LogP contribution in [-0.2, 0) is 21.2 Å². The lowest BCUT2D eigenvalue weighted by Gasteiger charge is -2.17. The molecule has 2 aromatic carbocycles. The molecule has 2 N–H and O–H groups in total. The normalized spacial score (nSPS) is 14.7. The fraction of sp³-hybridized carbons (Fsp3) is 0.263. The van der Waals surface area contributed by atoms with Gasteiger partial charge < -0.3 is 10.6 Å². The number of nitrogens with one attached hydrogen (secondary N) is 2. The first kappa shape index (κ1) is 18.1. The smallest absolute Gasteiger partial charge is 0.286 e. The van der Waals surface area contributed by atoms with Gasteiger partial charge in [0.25, 0.3) is 10.0 Å². The molecule has 2 aromatic rings. The zero-order valence-electron chi connectivity index (χ0n) is 14.3. The lowest BCUT2D eigenvalue weighted by atomic mass is 10.1. The fourth-order valence-electron chi connectivity index (χ4n) is 2.76. The summed E-state index contributed by atoms with van der Waals surface area (Å²) in [6.45, 7) is 0.592. The second-order valence-corrected chi connectivity index (χ2v) is 7.65. The van der Waals surface area contributed by atoms with Crippen LogP contribution in [-0.4, -0.2) is 26.7 Å². The van der Waals surface area contributed by atoms with Crippen LogP contribution in [0.4, 0.5) is 5.69 Å². The molecule has 0 saturated heterocycles. The SMILES string of the molecule is O=C(CCC1=NS(=O)(=O)c2ccccc2N1)NCCCc1ccccc1. The first-order valence-corrected chi connectivity index (χ1v) is 9.99. The van der Waals surface area contributed by atoms with Crippen LogP contribution in [0.5, 0.6) is 0 Å². The number of hydrogen-bond acceptors (Lipinski definition) is 4. The summed E-state index contributed by atoms with van der Waals surface area (Å²) in [6.07, 6.45) is 2.20. The molecule has 0 unspecified atom stereocenters. The van der Waals surface area contributed by atoms with Crippen LogP contribution in [0.25, 0.3) is 0 Å². The molecule has 6 nitrogen and oxygen atoms in total. The van der Waals surface area contributed by atoms with E-state index < -0.39 is 10.0 Å². The summed E-state index contributed by atoms with van der Waals surface area (Å²) in [7, 11) is -3.70. The number of benzene rings is 2. The topological polar surface area (TPSA) is 87.6 Å². The minimum Gasteiger partial charge on any atom is -0.356 e. The lowest BCUT2D eigenvalue weighted by Crippen LogP contribution is -2.27. The number of rotatable bonds is 7. The van der Waals surface area contributed by atoms with Crippen molar-refractivity contribution in [3.8, 4) is 0 Å². The quantitative estimate of drug-likeness (QED) is 0.733. The van der Waals surface area contributed by atoms with E-state index in [0.717, 1.165) is 12.8 Å². The number of fused-ring (bicyclic) bond motifs is 1. The maximum atomic E-state index is 12.1. The molecule has 1 aliphatic heterocycles. The predicted molar refractivity (Wildman–Crippen MR) is 102 cm³/mol. The van der Waals surface area contributed by atoms with Crippen molar-refractivity contribution in [1.82, 2.24) is 5.32 Å². The highest BCUT2D eigenvalue weighted by atomic mass is 32.2. The van der Waals surface area contributed by atoms with Gasteiger partial charge in [-0.25, -0.2) is 0 Å². The van der Waals surface area contributed by atoms with Crippen LogP contribution in [0.3, 0.4) is 0 Å². The van der Waals surface area contributed by atoms with Crippen molar-refractivity contribution in [2.24, 2.45) is 4.40 Å². The highest BCUT2D eigenvalue weighted by Gasteiger charge is 2.24. The number of carbonyl (C=O) groups excluding carboxylic acids is 1. The average molecular weight is 371 g/mol. The van der Waals surface area contributed by atoms with E-state index in [4.69, 9.17) is 0 Å². The Balaban J connectivity index is 1.44. The van der Waals surface area contributed by atoms with Crippen LogP contribution < -0.4 is 10.6 Å². The number of para-hydroxylation sites is 1. The van der Waals surface area contributed by atoms with Gasteiger partial charge in [-0.2, -0.15) is 8.42 Å². The molecular weight excluding hydrogens is 350 g/mol. The third-order valence-corrected chi connectivity index (χ3v) is 5.44. The summed E-state index contributed by atoms with van der Waals surface area (Å²) >= 11 is 0. The van der Waals surface area contributed by atoms with Crippen molar-refractivity contribution < 1.29 is 13.2 Å². The molecule has 0 bridgehead atoms. The first-order valence-electron chi connectivity index (χ1n) is 8.55. The molecule has 136 valence electrons. The zero-order chi connectivity index (χ0) is 18.4. The molecule has 0 aromatic heterocycles. The Kier molecular flexibility index (Phi) is 5.68. The van der Waals surface area contributed by atoms with Gasteiger partial charge in [-0.15, -0.1) is 4.40 Å². The summed E-state index contributed by atoms with van der Waals surface area (Å²) in [5.41, 5.74) is 1.74. The molecule has 7 heteroatoms. The van der Waals surface area contributed by atoms with Crippen LogP contribution in [0.2, 0.25) is 0 Å². The summed E-state index contributed by atoms with van der Waals surface area (Å²) in [5.74, 6) is 0.182. The molecule has 0 spiro atoms. The third-order valence-electron chi connectivity index (χ3n) is 4.07. The zero-order valence-corrected chi connectivity index (χ0v) is 15.1. The molecule has 0 saturated carbocycles. The van der Waals surface area contributed by atoms with E-state index in [0.29, 0.717) is 18.1 Å². The van der Waals surface area contributed by atoms with Crippen molar-refractivity contribution >= 4 is 27.5 Å². The van der Waals surface area contributed by atoms with Crippen molar-refractivity contribution in [2.75, 3.05) is 11.9 Å². The summed E-state index contributed by atoms with van der Waals surface area (Å²) in [5, 5.41) is 5.85. The Labute approximate surface area is 153 Å². The molecule has 26 heavy (non-hydrogen) atoms. The molecule has 1 amide bonds. The van der Waals surface area contributed by atoms with E-state index in [1.807, 2.05) is 18.2 Å². The van der Waals surface area contributed by atoms with Gasteiger partial charge >= 0.3 is 0 Å². The Morgan fingerprint density at radius 1 is 1.00 bits per heavy atom. The second-order valence-electron chi connectivity index (χ2n) is 6.07. The monoisotopic (exact) mass is 371 g/mol. The number of carbonyl (C=O) groups is 1. The average Bonchev–Trinajstić information content (AvgIpc) is 2.64. The maximum absolute atomic E-state index is 12.1. The van der Waals surface area contributed by atoms with Crippen LogP contribution in [0, 0.1) is 0 Å². The minimum absolute atomic E-state index is 0.112. The number of sulfonamides is 1. The number of nitrogens with zero attached hydrogens (tertiary/aromatic N) is 1.